The van der Waals surface area contributed by atoms with Crippen molar-refractivity contribution in [3.05, 3.63) is 12.2 Å². The molecule has 0 aromatic heterocycles. The number of hydrogen-bond acceptors (Lipinski definition) is 4. The number of hydrogen-bond donors (Lipinski definition) is 2. The van der Waals surface area contributed by atoms with Crippen LogP contribution in [0.25, 0.3) is 0 Å². The number of amides is 1. The second-order valence-electron chi connectivity index (χ2n) is 7.96. The minimum Gasteiger partial charge on any atom is -0.481 e. The quantitative estimate of drug-likeness (QED) is 0.337. The Morgan fingerprint density at radius 3 is 2.86 bits per heavy atom. The molecule has 1 saturated heterocycles. The van der Waals surface area contributed by atoms with E-state index in [0.717, 1.165) is 19.3 Å². The zero-order chi connectivity index (χ0) is 20.4. The van der Waals surface area contributed by atoms with E-state index in [4.69, 9.17) is 9.84 Å². The number of unbranched alkanes of at least 4 members (excludes halogenated alkanes) is 1. The molecule has 2 N–H and O–H groups in total. The van der Waals surface area contributed by atoms with Crippen LogP contribution in [0.2, 0.25) is 0 Å². The molecule has 2 rings (SSSR count). The van der Waals surface area contributed by atoms with Crippen LogP contribution < -0.4 is 0 Å². The zero-order valence-corrected chi connectivity index (χ0v) is 16.9. The molecule has 6 nitrogen and oxygen atoms in total. The number of carbonyl (C=O) groups is 2. The van der Waals surface area contributed by atoms with Crippen molar-refractivity contribution < 1.29 is 24.5 Å². The molecule has 1 unspecified atom stereocenters. The molecular formula is C22H33NO5. The predicted molar refractivity (Wildman–Crippen MR) is 107 cm³/mol. The summed E-state index contributed by atoms with van der Waals surface area (Å²) in [6.45, 7) is 2.81. The molecule has 0 bridgehead atoms. The van der Waals surface area contributed by atoms with Crippen molar-refractivity contribution in [1.29, 1.82) is 0 Å². The molecular weight excluding hydrogens is 358 g/mol. The lowest BCUT2D eigenvalue weighted by Gasteiger charge is -2.43. The third-order valence-electron chi connectivity index (χ3n) is 5.73. The van der Waals surface area contributed by atoms with Gasteiger partial charge in [-0.1, -0.05) is 37.8 Å². The summed E-state index contributed by atoms with van der Waals surface area (Å²) in [5.41, 5.74) is 0.297. The average molecular weight is 392 g/mol. The fraction of sp³-hybridized carbons (Fsp3) is 0.727. The molecule has 1 aliphatic carbocycles. The van der Waals surface area contributed by atoms with E-state index < -0.39 is 18.2 Å². The summed E-state index contributed by atoms with van der Waals surface area (Å²) in [5.74, 6) is 5.03. The van der Waals surface area contributed by atoms with Crippen molar-refractivity contribution in [1.82, 2.24) is 4.90 Å². The van der Waals surface area contributed by atoms with Crippen LogP contribution in [0.15, 0.2) is 12.2 Å². The van der Waals surface area contributed by atoms with E-state index in [2.05, 4.69) is 18.8 Å². The Balaban J connectivity index is 1.86. The number of carboxylic acids is 1. The van der Waals surface area contributed by atoms with E-state index in [-0.39, 0.29) is 19.0 Å². The van der Waals surface area contributed by atoms with Crippen molar-refractivity contribution in [2.24, 2.45) is 5.41 Å². The van der Waals surface area contributed by atoms with Crippen molar-refractivity contribution in [2.45, 2.75) is 83.3 Å². The molecule has 0 radical (unpaired) electrons. The van der Waals surface area contributed by atoms with Gasteiger partial charge in [-0.25, -0.2) is 4.79 Å². The lowest BCUT2D eigenvalue weighted by molar-refractivity contribution is -0.137. The highest BCUT2D eigenvalue weighted by atomic mass is 16.6. The smallest absolute Gasteiger partial charge is 0.411 e. The minimum atomic E-state index is -0.826. The Kier molecular flexibility index (Phi) is 8.85. The van der Waals surface area contributed by atoms with E-state index in [1.807, 2.05) is 12.2 Å². The van der Waals surface area contributed by atoms with Gasteiger partial charge >= 0.3 is 12.1 Å². The summed E-state index contributed by atoms with van der Waals surface area (Å²) in [5, 5.41) is 19.1. The van der Waals surface area contributed by atoms with Crippen LogP contribution in [0.1, 0.15) is 71.1 Å². The van der Waals surface area contributed by atoms with Gasteiger partial charge in [0.2, 0.25) is 0 Å². The molecule has 2 atom stereocenters. The molecule has 1 saturated carbocycles. The van der Waals surface area contributed by atoms with Gasteiger partial charge in [-0.3, -0.25) is 9.69 Å². The van der Waals surface area contributed by atoms with Gasteiger partial charge in [0, 0.05) is 19.3 Å². The third-order valence-corrected chi connectivity index (χ3v) is 5.73. The highest BCUT2D eigenvalue weighted by Gasteiger charge is 2.37. The number of rotatable bonds is 10. The zero-order valence-electron chi connectivity index (χ0n) is 16.9. The Hall–Kier alpha value is -2.00. The van der Waals surface area contributed by atoms with Gasteiger partial charge < -0.3 is 14.9 Å². The topological polar surface area (TPSA) is 87.1 Å². The standard InChI is InChI=1S/C22H33NO5/c1-2-12-22(13-7-14-22)17-19(24)10-9-18-11-16-28-21(27)23(18)15-6-4-3-5-8-20(25)26/h9-10,18-19,24H,2-3,5,7-8,11-17H2,1H3,(H,25,26)/t18-,19?/m0/s1. The minimum absolute atomic E-state index is 0.100. The number of cyclic esters (lactones) is 1. The second-order valence-corrected chi connectivity index (χ2v) is 7.96. The summed E-state index contributed by atoms with van der Waals surface area (Å²) >= 11 is 0. The first kappa shape index (κ1) is 22.3. The molecule has 1 aliphatic heterocycles. The molecule has 1 heterocycles. The summed E-state index contributed by atoms with van der Waals surface area (Å²) in [6, 6.07) is -0.132. The summed E-state index contributed by atoms with van der Waals surface area (Å²) in [4.78, 5) is 24.2. The van der Waals surface area contributed by atoms with Gasteiger partial charge in [-0.05, 0) is 37.5 Å². The van der Waals surface area contributed by atoms with Gasteiger partial charge in [-0.15, -0.1) is 5.92 Å². The molecule has 1 amide bonds. The number of carbonyl (C=O) groups excluding carboxylic acids is 1. The first-order valence-electron chi connectivity index (χ1n) is 10.4. The van der Waals surface area contributed by atoms with Crippen LogP contribution in [0.3, 0.4) is 0 Å². The first-order chi connectivity index (χ1) is 13.5. The Morgan fingerprint density at radius 2 is 2.21 bits per heavy atom. The number of aliphatic hydroxyl groups excluding tert-OH is 1. The van der Waals surface area contributed by atoms with Gasteiger partial charge in [0.15, 0.2) is 0 Å². The molecule has 0 aromatic rings. The number of ether oxygens (including phenoxy) is 1. The van der Waals surface area contributed by atoms with Gasteiger partial charge in [0.25, 0.3) is 0 Å². The average Bonchev–Trinajstić information content (AvgIpc) is 2.62. The monoisotopic (exact) mass is 391 g/mol. The molecule has 2 fully saturated rings. The highest BCUT2D eigenvalue weighted by molar-refractivity contribution is 5.69. The Morgan fingerprint density at radius 1 is 1.43 bits per heavy atom. The Labute approximate surface area is 167 Å². The number of nitrogens with zero attached hydrogens (tertiary/aromatic N) is 1. The van der Waals surface area contributed by atoms with Crippen molar-refractivity contribution >= 4 is 12.1 Å². The second kappa shape index (κ2) is 11.1. The fourth-order valence-corrected chi connectivity index (χ4v) is 4.11. The third kappa shape index (κ3) is 6.87. The SMILES string of the molecule is CCCC1(CC(O)C=C[C@H]2CCOC(=O)N2CC#CCCCC(=O)O)CCC1. The van der Waals surface area contributed by atoms with E-state index >= 15 is 0 Å². The largest absolute Gasteiger partial charge is 0.481 e. The lowest BCUT2D eigenvalue weighted by Crippen LogP contribution is -2.45. The molecule has 2 aliphatic rings. The van der Waals surface area contributed by atoms with Crippen molar-refractivity contribution in [3.8, 4) is 11.8 Å². The number of carboxylic acid groups (broad SMARTS) is 1. The van der Waals surface area contributed by atoms with Crippen LogP contribution in [0.5, 0.6) is 0 Å². The van der Waals surface area contributed by atoms with Gasteiger partial charge in [0.1, 0.15) is 0 Å². The van der Waals surface area contributed by atoms with Crippen molar-refractivity contribution in [2.75, 3.05) is 13.2 Å². The summed E-state index contributed by atoms with van der Waals surface area (Å²) in [6.07, 6.45) is 11.4. The van der Waals surface area contributed by atoms with E-state index in [9.17, 15) is 14.7 Å². The first-order valence-corrected chi connectivity index (χ1v) is 10.4. The highest BCUT2D eigenvalue weighted by Crippen LogP contribution is 2.48. The predicted octanol–water partition coefficient (Wildman–Crippen LogP) is 3.73. The van der Waals surface area contributed by atoms with Gasteiger partial charge in [0.05, 0.1) is 25.3 Å². The lowest BCUT2D eigenvalue weighted by atomic mass is 9.63. The fourth-order valence-electron chi connectivity index (χ4n) is 4.11. The Bertz CT molecular complexity index is 614. The van der Waals surface area contributed by atoms with E-state index in [1.165, 1.54) is 19.3 Å². The number of aliphatic carboxylic acids is 1. The molecule has 6 heteroatoms. The summed E-state index contributed by atoms with van der Waals surface area (Å²) < 4.78 is 5.12. The van der Waals surface area contributed by atoms with E-state index in [1.54, 1.807) is 4.90 Å². The maximum absolute atomic E-state index is 12.1. The maximum Gasteiger partial charge on any atom is 0.411 e. The summed E-state index contributed by atoms with van der Waals surface area (Å²) in [7, 11) is 0. The van der Waals surface area contributed by atoms with Crippen molar-refractivity contribution in [3.63, 3.8) is 0 Å². The van der Waals surface area contributed by atoms with Crippen LogP contribution in [0.4, 0.5) is 4.79 Å². The normalized spacial score (nSPS) is 22.1. The molecule has 0 spiro atoms. The van der Waals surface area contributed by atoms with Gasteiger partial charge in [-0.2, -0.15) is 0 Å². The van der Waals surface area contributed by atoms with Crippen LogP contribution in [0, 0.1) is 17.3 Å². The molecule has 0 aromatic carbocycles. The number of aliphatic hydroxyl groups is 1. The van der Waals surface area contributed by atoms with Crippen LogP contribution >= 0.6 is 0 Å². The maximum atomic E-state index is 12.1. The van der Waals surface area contributed by atoms with Crippen LogP contribution in [-0.4, -0.2) is 52.5 Å². The van der Waals surface area contributed by atoms with E-state index in [0.29, 0.717) is 31.3 Å². The van der Waals surface area contributed by atoms with Crippen LogP contribution in [-0.2, 0) is 9.53 Å². The molecule has 156 valence electrons. The molecule has 28 heavy (non-hydrogen) atoms.